The molecule has 0 aliphatic carbocycles. The SMILES string of the molecule is COC1(N2CCCCC2)CC(CCc2cccc3ccccc23)=NC=C1C. The Bertz CT molecular complexity index is 858. The van der Waals surface area contributed by atoms with Crippen LogP contribution in [0.5, 0.6) is 0 Å². The first-order chi connectivity index (χ1) is 13.2. The van der Waals surface area contributed by atoms with E-state index in [2.05, 4.69) is 54.3 Å². The van der Waals surface area contributed by atoms with Crippen molar-refractivity contribution in [2.75, 3.05) is 20.2 Å². The lowest BCUT2D eigenvalue weighted by Gasteiger charge is -2.46. The molecule has 1 fully saturated rings. The molecular formula is C24H30N2O. The minimum absolute atomic E-state index is 0.295. The summed E-state index contributed by atoms with van der Waals surface area (Å²) in [5, 5.41) is 2.67. The highest BCUT2D eigenvalue weighted by Gasteiger charge is 2.41. The molecule has 2 heterocycles. The lowest BCUT2D eigenvalue weighted by Crippen LogP contribution is -2.55. The molecule has 1 atom stereocenters. The molecule has 3 nitrogen and oxygen atoms in total. The second-order valence-corrected chi connectivity index (χ2v) is 7.86. The van der Waals surface area contributed by atoms with Crippen LogP contribution in [-0.2, 0) is 11.2 Å². The van der Waals surface area contributed by atoms with Gasteiger partial charge >= 0.3 is 0 Å². The van der Waals surface area contributed by atoms with Crippen LogP contribution in [0.2, 0.25) is 0 Å². The Labute approximate surface area is 162 Å². The van der Waals surface area contributed by atoms with E-state index in [9.17, 15) is 0 Å². The van der Waals surface area contributed by atoms with Gasteiger partial charge in [0.2, 0.25) is 0 Å². The maximum atomic E-state index is 6.16. The molecule has 27 heavy (non-hydrogen) atoms. The second kappa shape index (κ2) is 7.95. The van der Waals surface area contributed by atoms with Crippen LogP contribution in [0.1, 0.15) is 44.6 Å². The molecule has 4 rings (SSSR count). The van der Waals surface area contributed by atoms with Crippen LogP contribution in [0.4, 0.5) is 0 Å². The second-order valence-electron chi connectivity index (χ2n) is 7.86. The molecule has 2 aromatic rings. The van der Waals surface area contributed by atoms with Crippen molar-refractivity contribution in [2.45, 2.75) is 51.2 Å². The summed E-state index contributed by atoms with van der Waals surface area (Å²) >= 11 is 0. The number of nitrogens with zero attached hydrogens (tertiary/aromatic N) is 2. The third kappa shape index (κ3) is 3.59. The maximum Gasteiger partial charge on any atom is 0.150 e. The molecule has 3 heteroatoms. The molecule has 2 aliphatic rings. The van der Waals surface area contributed by atoms with Crippen molar-refractivity contribution in [3.63, 3.8) is 0 Å². The summed E-state index contributed by atoms with van der Waals surface area (Å²) in [5.41, 5.74) is 3.60. The number of methoxy groups -OCH3 is 1. The maximum absolute atomic E-state index is 6.16. The molecular weight excluding hydrogens is 332 g/mol. The predicted molar refractivity (Wildman–Crippen MR) is 113 cm³/mol. The van der Waals surface area contributed by atoms with Crippen molar-refractivity contribution in [3.05, 3.63) is 59.8 Å². The molecule has 0 spiro atoms. The highest BCUT2D eigenvalue weighted by molar-refractivity contribution is 5.89. The normalized spacial score (nSPS) is 23.9. The number of benzene rings is 2. The number of aliphatic imine (C=N–C) groups is 1. The van der Waals surface area contributed by atoms with Crippen LogP contribution < -0.4 is 0 Å². The Balaban J connectivity index is 1.52. The van der Waals surface area contributed by atoms with Crippen molar-refractivity contribution in [3.8, 4) is 0 Å². The van der Waals surface area contributed by atoms with E-state index in [0.29, 0.717) is 0 Å². The lowest BCUT2D eigenvalue weighted by molar-refractivity contribution is -0.111. The van der Waals surface area contributed by atoms with Gasteiger partial charge in [-0.2, -0.15) is 0 Å². The van der Waals surface area contributed by atoms with E-state index in [1.54, 1.807) is 0 Å². The highest BCUT2D eigenvalue weighted by Crippen LogP contribution is 2.35. The molecule has 1 unspecified atom stereocenters. The number of aryl methyl sites for hydroxylation is 1. The quantitative estimate of drug-likeness (QED) is 0.716. The van der Waals surface area contributed by atoms with Crippen molar-refractivity contribution < 1.29 is 4.74 Å². The summed E-state index contributed by atoms with van der Waals surface area (Å²) < 4.78 is 6.16. The number of rotatable bonds is 5. The summed E-state index contributed by atoms with van der Waals surface area (Å²) in [6.07, 6.45) is 8.79. The highest BCUT2D eigenvalue weighted by atomic mass is 16.5. The van der Waals surface area contributed by atoms with Gasteiger partial charge in [0.1, 0.15) is 5.72 Å². The van der Waals surface area contributed by atoms with E-state index in [-0.39, 0.29) is 5.72 Å². The largest absolute Gasteiger partial charge is 0.359 e. The van der Waals surface area contributed by atoms with Gasteiger partial charge < -0.3 is 4.74 Å². The van der Waals surface area contributed by atoms with E-state index < -0.39 is 0 Å². The molecule has 0 saturated carbocycles. The van der Waals surface area contributed by atoms with Gasteiger partial charge in [0.05, 0.1) is 0 Å². The first-order valence-electron chi connectivity index (χ1n) is 10.2. The van der Waals surface area contributed by atoms with Crippen molar-refractivity contribution in [1.82, 2.24) is 4.90 Å². The number of ether oxygens (including phenoxy) is 1. The average molecular weight is 363 g/mol. The number of hydrogen-bond acceptors (Lipinski definition) is 3. The van der Waals surface area contributed by atoms with Gasteiger partial charge in [0.25, 0.3) is 0 Å². The minimum atomic E-state index is -0.295. The van der Waals surface area contributed by atoms with Gasteiger partial charge in [0.15, 0.2) is 0 Å². The van der Waals surface area contributed by atoms with Crippen LogP contribution in [0, 0.1) is 0 Å². The smallest absolute Gasteiger partial charge is 0.150 e. The fraction of sp³-hybridized carbons (Fsp3) is 0.458. The van der Waals surface area contributed by atoms with E-state index in [4.69, 9.17) is 9.73 Å². The Morgan fingerprint density at radius 3 is 2.59 bits per heavy atom. The topological polar surface area (TPSA) is 24.8 Å². The summed E-state index contributed by atoms with van der Waals surface area (Å²) in [5.74, 6) is 0. The Kier molecular flexibility index (Phi) is 5.42. The molecule has 0 bridgehead atoms. The Hall–Kier alpha value is -1.97. The number of fused-ring (bicyclic) bond motifs is 1. The van der Waals surface area contributed by atoms with E-state index in [0.717, 1.165) is 32.4 Å². The van der Waals surface area contributed by atoms with Crippen molar-refractivity contribution in [2.24, 2.45) is 4.99 Å². The van der Waals surface area contributed by atoms with Gasteiger partial charge in [-0.15, -0.1) is 0 Å². The number of hydrogen-bond donors (Lipinski definition) is 0. The van der Waals surface area contributed by atoms with Crippen LogP contribution in [0.25, 0.3) is 10.8 Å². The zero-order valence-corrected chi connectivity index (χ0v) is 16.6. The van der Waals surface area contributed by atoms with Gasteiger partial charge in [-0.1, -0.05) is 48.9 Å². The predicted octanol–water partition coefficient (Wildman–Crippen LogP) is 5.35. The first kappa shape index (κ1) is 18.4. The molecule has 0 aromatic heterocycles. The molecule has 0 N–H and O–H groups in total. The van der Waals surface area contributed by atoms with Crippen LogP contribution in [0.15, 0.2) is 59.2 Å². The number of piperidine rings is 1. The summed E-state index contributed by atoms with van der Waals surface area (Å²) in [6.45, 7) is 4.41. The Morgan fingerprint density at radius 2 is 1.78 bits per heavy atom. The van der Waals surface area contributed by atoms with Gasteiger partial charge in [-0.3, -0.25) is 9.89 Å². The standard InChI is InChI=1S/C24H30N2O/c1-19-18-25-22(17-24(19,27-2)26-15-6-3-7-16-26)14-13-21-11-8-10-20-9-4-5-12-23(20)21/h4-5,8-12,18H,3,6-7,13-17H2,1-2H3. The molecule has 0 amide bonds. The van der Waals surface area contributed by atoms with Crippen LogP contribution in [0.3, 0.4) is 0 Å². The van der Waals surface area contributed by atoms with Crippen molar-refractivity contribution >= 4 is 16.5 Å². The third-order valence-electron chi connectivity index (χ3n) is 6.27. The van der Waals surface area contributed by atoms with E-state index in [1.807, 2.05) is 13.3 Å². The molecule has 0 radical (unpaired) electrons. The van der Waals surface area contributed by atoms with E-state index >= 15 is 0 Å². The average Bonchev–Trinajstić information content (AvgIpc) is 2.74. The fourth-order valence-electron chi connectivity index (χ4n) is 4.67. The van der Waals surface area contributed by atoms with E-state index in [1.165, 1.54) is 46.9 Å². The fourth-order valence-corrected chi connectivity index (χ4v) is 4.67. The van der Waals surface area contributed by atoms with Crippen molar-refractivity contribution in [1.29, 1.82) is 0 Å². The zero-order chi connectivity index (χ0) is 18.7. The monoisotopic (exact) mass is 362 g/mol. The van der Waals surface area contributed by atoms with Gasteiger partial charge in [-0.25, -0.2) is 0 Å². The zero-order valence-electron chi connectivity index (χ0n) is 16.6. The van der Waals surface area contributed by atoms with Crippen LogP contribution >= 0.6 is 0 Å². The molecule has 142 valence electrons. The Morgan fingerprint density at radius 1 is 1.00 bits per heavy atom. The molecule has 2 aliphatic heterocycles. The first-order valence-corrected chi connectivity index (χ1v) is 10.2. The summed E-state index contributed by atoms with van der Waals surface area (Å²) in [4.78, 5) is 7.33. The third-order valence-corrected chi connectivity index (χ3v) is 6.27. The lowest BCUT2D eigenvalue weighted by atomic mass is 9.89. The molecule has 2 aromatic carbocycles. The van der Waals surface area contributed by atoms with Crippen LogP contribution in [-0.4, -0.2) is 36.5 Å². The van der Waals surface area contributed by atoms with Gasteiger partial charge in [0, 0.05) is 38.5 Å². The summed E-state index contributed by atoms with van der Waals surface area (Å²) in [6, 6.07) is 15.3. The number of likely N-dealkylation sites (tertiary alicyclic amines) is 1. The minimum Gasteiger partial charge on any atom is -0.359 e. The molecule has 1 saturated heterocycles. The van der Waals surface area contributed by atoms with Gasteiger partial charge in [-0.05, 0) is 54.5 Å². The summed E-state index contributed by atoms with van der Waals surface area (Å²) in [7, 11) is 1.86.